The third kappa shape index (κ3) is 3.01. The molecular formula is C12H13ClN4O2S. The van der Waals surface area contributed by atoms with E-state index in [4.69, 9.17) is 17.4 Å². The number of benzene rings is 1. The summed E-state index contributed by atoms with van der Waals surface area (Å²) in [5, 5.41) is 0.109. The maximum absolute atomic E-state index is 12.3. The Balaban J connectivity index is 2.43. The van der Waals surface area contributed by atoms with Crippen LogP contribution in [-0.4, -0.2) is 13.4 Å². The molecule has 1 aromatic carbocycles. The van der Waals surface area contributed by atoms with Gasteiger partial charge in [-0.2, -0.15) is 8.42 Å². The predicted octanol–water partition coefficient (Wildman–Crippen LogP) is 2.13. The first-order valence-corrected chi connectivity index (χ1v) is 7.51. The summed E-state index contributed by atoms with van der Waals surface area (Å²) in [7, 11) is -3.88. The molecule has 8 heteroatoms. The molecule has 6 nitrogen and oxygen atoms in total. The number of hydrogen-bond donors (Lipinski definition) is 3. The van der Waals surface area contributed by atoms with Crippen molar-refractivity contribution in [1.82, 2.24) is 4.98 Å². The van der Waals surface area contributed by atoms with Crippen LogP contribution in [0.15, 0.2) is 41.6 Å². The van der Waals surface area contributed by atoms with Crippen molar-refractivity contribution in [2.24, 2.45) is 5.84 Å². The van der Waals surface area contributed by atoms with E-state index < -0.39 is 10.0 Å². The average Bonchev–Trinajstić information content (AvgIpc) is 2.42. The van der Waals surface area contributed by atoms with Gasteiger partial charge >= 0.3 is 0 Å². The van der Waals surface area contributed by atoms with Crippen LogP contribution in [-0.2, 0) is 10.0 Å². The fourth-order valence-electron chi connectivity index (χ4n) is 1.63. The van der Waals surface area contributed by atoms with Gasteiger partial charge < -0.3 is 5.43 Å². The van der Waals surface area contributed by atoms with Crippen molar-refractivity contribution >= 4 is 33.0 Å². The topological polar surface area (TPSA) is 97.1 Å². The van der Waals surface area contributed by atoms with Crippen molar-refractivity contribution in [1.29, 1.82) is 0 Å². The van der Waals surface area contributed by atoms with Gasteiger partial charge in [0.15, 0.2) is 0 Å². The standard InChI is InChI=1S/C12H13ClN4O2S/c1-8-4-5-9(13)11(7-8)17-20(18,19)12-10(16-14)3-2-6-15-12/h2-7,16-17H,14H2,1H3. The maximum atomic E-state index is 12.3. The molecule has 0 atom stereocenters. The highest BCUT2D eigenvalue weighted by Gasteiger charge is 2.21. The number of sulfonamides is 1. The van der Waals surface area contributed by atoms with E-state index in [2.05, 4.69) is 15.1 Å². The van der Waals surface area contributed by atoms with Crippen LogP contribution in [0, 0.1) is 6.92 Å². The van der Waals surface area contributed by atoms with E-state index in [1.165, 1.54) is 12.3 Å². The number of nitrogen functional groups attached to an aromatic ring is 1. The lowest BCUT2D eigenvalue weighted by atomic mass is 10.2. The molecule has 0 fully saturated rings. The molecule has 1 aromatic heterocycles. The summed E-state index contributed by atoms with van der Waals surface area (Å²) in [5.41, 5.74) is 3.67. The van der Waals surface area contributed by atoms with Crippen LogP contribution in [0.2, 0.25) is 5.02 Å². The van der Waals surface area contributed by atoms with Crippen LogP contribution in [0.4, 0.5) is 11.4 Å². The molecule has 0 saturated carbocycles. The normalized spacial score (nSPS) is 11.2. The van der Waals surface area contributed by atoms with Crippen molar-refractivity contribution in [2.75, 3.05) is 10.1 Å². The third-order valence-electron chi connectivity index (χ3n) is 2.55. The van der Waals surface area contributed by atoms with E-state index in [9.17, 15) is 8.42 Å². The summed E-state index contributed by atoms with van der Waals surface area (Å²) in [4.78, 5) is 3.83. The smallest absolute Gasteiger partial charge is 0.281 e. The second-order valence-electron chi connectivity index (χ2n) is 4.09. The first kappa shape index (κ1) is 14.6. The first-order chi connectivity index (χ1) is 9.44. The summed E-state index contributed by atoms with van der Waals surface area (Å²) >= 11 is 5.98. The summed E-state index contributed by atoms with van der Waals surface area (Å²) < 4.78 is 27.0. The van der Waals surface area contributed by atoms with Crippen LogP contribution >= 0.6 is 11.6 Å². The second kappa shape index (κ2) is 5.66. The molecule has 20 heavy (non-hydrogen) atoms. The van der Waals surface area contributed by atoms with Gasteiger partial charge in [0.05, 0.1) is 16.4 Å². The van der Waals surface area contributed by atoms with E-state index in [0.29, 0.717) is 10.7 Å². The highest BCUT2D eigenvalue weighted by molar-refractivity contribution is 7.92. The number of pyridine rings is 1. The van der Waals surface area contributed by atoms with Gasteiger partial charge in [0.1, 0.15) is 0 Å². The van der Waals surface area contributed by atoms with Crippen LogP contribution in [0.1, 0.15) is 5.56 Å². The number of nitrogens with two attached hydrogens (primary N) is 1. The van der Waals surface area contributed by atoms with Crippen molar-refractivity contribution in [3.8, 4) is 0 Å². The number of aryl methyl sites for hydroxylation is 1. The molecule has 0 aliphatic heterocycles. The zero-order valence-electron chi connectivity index (χ0n) is 10.6. The average molecular weight is 313 g/mol. The lowest BCUT2D eigenvalue weighted by molar-refractivity contribution is 0.598. The lowest BCUT2D eigenvalue weighted by Crippen LogP contribution is -2.19. The number of halogens is 1. The van der Waals surface area contributed by atoms with Crippen molar-refractivity contribution in [3.63, 3.8) is 0 Å². The molecule has 0 aliphatic carbocycles. The number of hydrazine groups is 1. The molecule has 0 radical (unpaired) electrons. The number of nitrogens with one attached hydrogen (secondary N) is 2. The quantitative estimate of drug-likeness (QED) is 0.593. The minimum atomic E-state index is -3.88. The Bertz CT molecular complexity index is 734. The Morgan fingerprint density at radius 1 is 1.25 bits per heavy atom. The summed E-state index contributed by atoms with van der Waals surface area (Å²) in [6, 6.07) is 8.13. The molecule has 2 rings (SSSR count). The van der Waals surface area contributed by atoms with E-state index in [0.717, 1.165) is 5.56 Å². The van der Waals surface area contributed by atoms with Crippen molar-refractivity contribution < 1.29 is 8.42 Å². The summed E-state index contributed by atoms with van der Waals surface area (Å²) in [5.74, 6) is 5.29. The van der Waals surface area contributed by atoms with Crippen molar-refractivity contribution in [2.45, 2.75) is 11.9 Å². The molecule has 1 heterocycles. The lowest BCUT2D eigenvalue weighted by Gasteiger charge is -2.12. The molecule has 106 valence electrons. The summed E-state index contributed by atoms with van der Waals surface area (Å²) in [6.07, 6.45) is 1.37. The monoisotopic (exact) mass is 312 g/mol. The highest BCUT2D eigenvalue weighted by atomic mass is 35.5. The van der Waals surface area contributed by atoms with Gasteiger partial charge in [0.25, 0.3) is 10.0 Å². The number of nitrogens with zero attached hydrogens (tertiary/aromatic N) is 1. The fraction of sp³-hybridized carbons (Fsp3) is 0.0833. The second-order valence-corrected chi connectivity index (χ2v) is 6.09. The fourth-order valence-corrected chi connectivity index (χ4v) is 3.02. The zero-order valence-corrected chi connectivity index (χ0v) is 12.2. The first-order valence-electron chi connectivity index (χ1n) is 5.64. The van der Waals surface area contributed by atoms with Crippen LogP contribution in [0.3, 0.4) is 0 Å². The van der Waals surface area contributed by atoms with Gasteiger partial charge in [-0.25, -0.2) is 4.98 Å². The predicted molar refractivity (Wildman–Crippen MR) is 79.0 cm³/mol. The number of hydrogen-bond acceptors (Lipinski definition) is 5. The SMILES string of the molecule is Cc1ccc(Cl)c(NS(=O)(=O)c2ncccc2NN)c1. The van der Waals surface area contributed by atoms with Crippen LogP contribution in [0.25, 0.3) is 0 Å². The van der Waals surface area contributed by atoms with Gasteiger partial charge in [-0.1, -0.05) is 17.7 Å². The molecule has 0 aliphatic rings. The molecule has 0 unspecified atom stereocenters. The van der Waals surface area contributed by atoms with Gasteiger partial charge in [0.2, 0.25) is 5.03 Å². The van der Waals surface area contributed by atoms with E-state index >= 15 is 0 Å². The molecule has 0 amide bonds. The third-order valence-corrected chi connectivity index (χ3v) is 4.20. The molecule has 0 spiro atoms. The van der Waals surface area contributed by atoms with Gasteiger partial charge in [-0.15, -0.1) is 0 Å². The summed E-state index contributed by atoms with van der Waals surface area (Å²) in [6.45, 7) is 1.84. The van der Waals surface area contributed by atoms with Gasteiger partial charge in [-0.05, 0) is 36.8 Å². The molecular weight excluding hydrogens is 300 g/mol. The Labute approximate surface area is 122 Å². The van der Waals surface area contributed by atoms with E-state index in [-0.39, 0.29) is 10.7 Å². The number of aromatic nitrogens is 1. The number of rotatable bonds is 4. The largest absolute Gasteiger partial charge is 0.321 e. The Kier molecular flexibility index (Phi) is 4.12. The molecule has 0 bridgehead atoms. The minimum Gasteiger partial charge on any atom is -0.321 e. The minimum absolute atomic E-state index is 0.194. The zero-order chi connectivity index (χ0) is 14.8. The Morgan fingerprint density at radius 2 is 2.00 bits per heavy atom. The van der Waals surface area contributed by atoms with E-state index in [1.54, 1.807) is 24.3 Å². The van der Waals surface area contributed by atoms with E-state index in [1.807, 2.05) is 6.92 Å². The molecule has 0 saturated heterocycles. The van der Waals surface area contributed by atoms with Crippen LogP contribution in [0.5, 0.6) is 0 Å². The van der Waals surface area contributed by atoms with Gasteiger partial charge in [-0.3, -0.25) is 10.6 Å². The van der Waals surface area contributed by atoms with Crippen molar-refractivity contribution in [3.05, 3.63) is 47.1 Å². The molecule has 4 N–H and O–H groups in total. The number of anilines is 2. The Morgan fingerprint density at radius 3 is 2.70 bits per heavy atom. The highest BCUT2D eigenvalue weighted by Crippen LogP contribution is 2.26. The van der Waals surface area contributed by atoms with Crippen LogP contribution < -0.4 is 16.0 Å². The molecule has 2 aromatic rings. The van der Waals surface area contributed by atoms with Gasteiger partial charge in [0, 0.05) is 6.20 Å². The maximum Gasteiger partial charge on any atom is 0.281 e. The Hall–Kier alpha value is -1.83.